The minimum absolute atomic E-state index is 0.0282. The second-order valence-corrected chi connectivity index (χ2v) is 6.54. The zero-order valence-electron chi connectivity index (χ0n) is 15.5. The number of ether oxygens (including phenoxy) is 2. The van der Waals surface area contributed by atoms with Gasteiger partial charge in [-0.25, -0.2) is 4.98 Å². The minimum atomic E-state index is -0.595. The van der Waals surface area contributed by atoms with Crippen LogP contribution in [0.3, 0.4) is 0 Å². The van der Waals surface area contributed by atoms with E-state index in [-0.39, 0.29) is 18.7 Å². The lowest BCUT2D eigenvalue weighted by atomic mass is 10.1. The number of benzene rings is 1. The second kappa shape index (κ2) is 8.97. The van der Waals surface area contributed by atoms with Crippen molar-refractivity contribution in [2.75, 3.05) is 20.8 Å². The molecule has 7 nitrogen and oxygen atoms in total. The van der Waals surface area contributed by atoms with Crippen molar-refractivity contribution in [1.82, 2.24) is 14.9 Å². The molecule has 0 radical (unpaired) electrons. The third kappa shape index (κ3) is 4.39. The monoisotopic (exact) mass is 401 g/mol. The van der Waals surface area contributed by atoms with Crippen LogP contribution in [0.2, 0.25) is 5.02 Å². The Balaban J connectivity index is 2.00. The number of carbonyl (C=O) groups is 1. The van der Waals surface area contributed by atoms with E-state index in [1.165, 1.54) is 18.8 Å². The number of halogens is 1. The first-order valence-corrected chi connectivity index (χ1v) is 8.98. The highest BCUT2D eigenvalue weighted by atomic mass is 35.5. The molecule has 0 unspecified atom stereocenters. The van der Waals surface area contributed by atoms with E-state index in [0.717, 1.165) is 5.56 Å². The van der Waals surface area contributed by atoms with Crippen molar-refractivity contribution in [3.8, 4) is 0 Å². The lowest BCUT2D eigenvalue weighted by Gasteiger charge is -2.15. The molecule has 0 aliphatic rings. The number of pyridine rings is 2. The molecule has 1 amide bonds. The van der Waals surface area contributed by atoms with Crippen molar-refractivity contribution in [3.63, 3.8) is 0 Å². The van der Waals surface area contributed by atoms with Crippen LogP contribution >= 0.6 is 11.6 Å². The number of hydrogen-bond acceptors (Lipinski definition) is 5. The van der Waals surface area contributed by atoms with Gasteiger partial charge in [0.15, 0.2) is 6.29 Å². The third-order valence-electron chi connectivity index (χ3n) is 4.30. The highest BCUT2D eigenvalue weighted by Crippen LogP contribution is 2.15. The van der Waals surface area contributed by atoms with Gasteiger partial charge < -0.3 is 14.8 Å². The van der Waals surface area contributed by atoms with Crippen LogP contribution in [0.25, 0.3) is 11.0 Å². The Labute approximate surface area is 166 Å². The highest BCUT2D eigenvalue weighted by molar-refractivity contribution is 6.30. The number of methoxy groups -OCH3 is 2. The molecule has 3 aromatic rings. The number of fused-ring (bicyclic) bond motifs is 1. The van der Waals surface area contributed by atoms with Crippen LogP contribution in [0.15, 0.2) is 53.5 Å². The summed E-state index contributed by atoms with van der Waals surface area (Å²) in [6.45, 7) is 0.386. The summed E-state index contributed by atoms with van der Waals surface area (Å²) in [6.07, 6.45) is 1.02. The lowest BCUT2D eigenvalue weighted by Crippen LogP contribution is -2.38. The number of nitrogens with one attached hydrogen (secondary N) is 1. The second-order valence-electron chi connectivity index (χ2n) is 6.10. The van der Waals surface area contributed by atoms with E-state index in [2.05, 4.69) is 10.3 Å². The molecule has 28 heavy (non-hydrogen) atoms. The Morgan fingerprint density at radius 2 is 1.93 bits per heavy atom. The van der Waals surface area contributed by atoms with Crippen LogP contribution in [-0.4, -0.2) is 42.5 Å². The van der Waals surface area contributed by atoms with Crippen molar-refractivity contribution in [3.05, 3.63) is 75.2 Å². The van der Waals surface area contributed by atoms with E-state index in [4.69, 9.17) is 21.1 Å². The van der Waals surface area contributed by atoms with E-state index in [1.54, 1.807) is 30.5 Å². The van der Waals surface area contributed by atoms with Crippen molar-refractivity contribution in [2.24, 2.45) is 0 Å². The number of rotatable bonds is 7. The zero-order valence-corrected chi connectivity index (χ0v) is 16.3. The molecule has 0 saturated carbocycles. The standard InChI is InChI=1S/C20H20ClN3O4/c1-27-17(28-2)11-23-19(25)16-10-14-4-3-9-22-18(14)24(20(16)26)12-13-5-7-15(21)8-6-13/h3-10,17H,11-12H2,1-2H3,(H,23,25). The number of nitrogens with zero attached hydrogens (tertiary/aromatic N) is 2. The summed E-state index contributed by atoms with van der Waals surface area (Å²) in [6, 6.07) is 12.3. The molecule has 8 heteroatoms. The van der Waals surface area contributed by atoms with Gasteiger partial charge in [0.25, 0.3) is 11.5 Å². The predicted octanol–water partition coefficient (Wildman–Crippen LogP) is 2.45. The van der Waals surface area contributed by atoms with Crippen molar-refractivity contribution >= 4 is 28.5 Å². The molecule has 0 spiro atoms. The van der Waals surface area contributed by atoms with Crippen LogP contribution in [0.1, 0.15) is 15.9 Å². The van der Waals surface area contributed by atoms with Gasteiger partial charge in [0, 0.05) is 30.8 Å². The maximum absolute atomic E-state index is 13.1. The molecule has 0 aliphatic heterocycles. The van der Waals surface area contributed by atoms with E-state index >= 15 is 0 Å². The predicted molar refractivity (Wildman–Crippen MR) is 107 cm³/mol. The molecule has 146 valence electrons. The average molecular weight is 402 g/mol. The first-order chi connectivity index (χ1) is 13.5. The van der Waals surface area contributed by atoms with E-state index in [1.807, 2.05) is 18.2 Å². The fourth-order valence-electron chi connectivity index (χ4n) is 2.82. The summed E-state index contributed by atoms with van der Waals surface area (Å²) in [7, 11) is 2.95. The van der Waals surface area contributed by atoms with Crippen LogP contribution in [0.5, 0.6) is 0 Å². The molecule has 0 fully saturated rings. The summed E-state index contributed by atoms with van der Waals surface area (Å²) >= 11 is 5.94. The Morgan fingerprint density at radius 3 is 2.61 bits per heavy atom. The molecule has 2 aromatic heterocycles. The molecule has 0 bridgehead atoms. The fraction of sp³-hybridized carbons (Fsp3) is 0.250. The average Bonchev–Trinajstić information content (AvgIpc) is 2.72. The molecule has 2 heterocycles. The smallest absolute Gasteiger partial charge is 0.265 e. The van der Waals surface area contributed by atoms with Gasteiger partial charge in [-0.2, -0.15) is 0 Å². The SMILES string of the molecule is COC(CNC(=O)c1cc2cccnc2n(Cc2ccc(Cl)cc2)c1=O)OC. The molecule has 0 atom stereocenters. The number of aromatic nitrogens is 2. The lowest BCUT2D eigenvalue weighted by molar-refractivity contribution is -0.0974. The first kappa shape index (κ1) is 20.0. The van der Waals surface area contributed by atoms with E-state index in [9.17, 15) is 9.59 Å². The summed E-state index contributed by atoms with van der Waals surface area (Å²) in [5.41, 5.74) is 0.978. The maximum Gasteiger partial charge on any atom is 0.265 e. The van der Waals surface area contributed by atoms with E-state index in [0.29, 0.717) is 16.1 Å². The molecule has 3 rings (SSSR count). The summed E-state index contributed by atoms with van der Waals surface area (Å²) < 4.78 is 11.6. The molecule has 1 N–H and O–H groups in total. The van der Waals surface area contributed by atoms with Crippen LogP contribution in [0.4, 0.5) is 0 Å². The van der Waals surface area contributed by atoms with Gasteiger partial charge in [-0.3, -0.25) is 14.2 Å². The van der Waals surface area contributed by atoms with Crippen LogP contribution in [0, 0.1) is 0 Å². The number of carbonyl (C=O) groups excluding carboxylic acids is 1. The largest absolute Gasteiger partial charge is 0.354 e. The van der Waals surface area contributed by atoms with Crippen molar-refractivity contribution in [2.45, 2.75) is 12.8 Å². The van der Waals surface area contributed by atoms with Gasteiger partial charge in [0.2, 0.25) is 0 Å². The van der Waals surface area contributed by atoms with Crippen molar-refractivity contribution < 1.29 is 14.3 Å². The highest BCUT2D eigenvalue weighted by Gasteiger charge is 2.17. The molecular formula is C20H20ClN3O4. The van der Waals surface area contributed by atoms with Gasteiger partial charge in [0.1, 0.15) is 11.2 Å². The van der Waals surface area contributed by atoms with Gasteiger partial charge in [-0.05, 0) is 35.9 Å². The minimum Gasteiger partial charge on any atom is -0.354 e. The first-order valence-electron chi connectivity index (χ1n) is 8.60. The van der Waals surface area contributed by atoms with E-state index < -0.39 is 17.8 Å². The quantitative estimate of drug-likeness (QED) is 0.615. The Morgan fingerprint density at radius 1 is 1.21 bits per heavy atom. The Hall–Kier alpha value is -2.74. The van der Waals surface area contributed by atoms with Gasteiger partial charge in [-0.15, -0.1) is 0 Å². The topological polar surface area (TPSA) is 82.5 Å². The number of hydrogen-bond donors (Lipinski definition) is 1. The molecule has 1 aromatic carbocycles. The summed E-state index contributed by atoms with van der Waals surface area (Å²) in [5.74, 6) is -0.500. The molecule has 0 saturated heterocycles. The number of amides is 1. The van der Waals surface area contributed by atoms with Crippen LogP contribution in [-0.2, 0) is 16.0 Å². The normalized spacial score (nSPS) is 11.1. The Bertz CT molecular complexity index is 1030. The maximum atomic E-state index is 13.1. The van der Waals surface area contributed by atoms with Gasteiger partial charge in [0.05, 0.1) is 13.1 Å². The van der Waals surface area contributed by atoms with Gasteiger partial charge in [-0.1, -0.05) is 23.7 Å². The zero-order chi connectivity index (χ0) is 20.1. The molecular weight excluding hydrogens is 382 g/mol. The third-order valence-corrected chi connectivity index (χ3v) is 4.55. The van der Waals surface area contributed by atoms with Crippen LogP contribution < -0.4 is 10.9 Å². The fourth-order valence-corrected chi connectivity index (χ4v) is 2.95. The molecule has 0 aliphatic carbocycles. The summed E-state index contributed by atoms with van der Waals surface area (Å²) in [5, 5.41) is 3.97. The summed E-state index contributed by atoms with van der Waals surface area (Å²) in [4.78, 5) is 30.0. The van der Waals surface area contributed by atoms with Crippen molar-refractivity contribution in [1.29, 1.82) is 0 Å². The Kier molecular flexibility index (Phi) is 6.41. The van der Waals surface area contributed by atoms with Gasteiger partial charge >= 0.3 is 0 Å².